The van der Waals surface area contributed by atoms with Crippen LogP contribution in [0.25, 0.3) is 16.7 Å². The summed E-state index contributed by atoms with van der Waals surface area (Å²) in [4.78, 5) is 35.3. The van der Waals surface area contributed by atoms with E-state index in [1.807, 2.05) is 113 Å². The molecule has 2 aromatic heterocycles. The minimum atomic E-state index is -0.547. The summed E-state index contributed by atoms with van der Waals surface area (Å²) in [5.74, 6) is 0.695. The molecule has 6 rings (SSSR count). The lowest BCUT2D eigenvalue weighted by Crippen LogP contribution is -2.55. The molecule has 3 aromatic carbocycles. The summed E-state index contributed by atoms with van der Waals surface area (Å²) < 4.78 is 21.2. The Morgan fingerprint density at radius 3 is 2.15 bits per heavy atom. The molecule has 1 saturated heterocycles. The molecule has 1 aliphatic heterocycles. The van der Waals surface area contributed by atoms with Crippen molar-refractivity contribution < 1.29 is 19.0 Å². The fraction of sp³-hybridized carbons (Fsp3) is 0.324. The molecule has 10 nitrogen and oxygen atoms in total. The molecule has 0 saturated carbocycles. The Hall–Kier alpha value is -5.25. The van der Waals surface area contributed by atoms with Gasteiger partial charge in [0.25, 0.3) is 0 Å². The summed E-state index contributed by atoms with van der Waals surface area (Å²) in [5.41, 5.74) is 4.23. The molecule has 0 N–H and O–H groups in total. The second kappa shape index (κ2) is 13.2. The van der Waals surface area contributed by atoms with Gasteiger partial charge in [0, 0.05) is 44.5 Å². The van der Waals surface area contributed by atoms with Crippen molar-refractivity contribution in [3.8, 4) is 17.4 Å². The van der Waals surface area contributed by atoms with Crippen molar-refractivity contribution in [1.82, 2.24) is 19.0 Å². The summed E-state index contributed by atoms with van der Waals surface area (Å²) in [6, 6.07) is 29.2. The lowest BCUT2D eigenvalue weighted by Gasteiger charge is -2.41. The molecule has 0 unspecified atom stereocenters. The van der Waals surface area contributed by atoms with Crippen molar-refractivity contribution >= 4 is 22.8 Å². The number of pyridine rings is 1. The topological polar surface area (TPSA) is 91.1 Å². The number of amides is 1. The highest BCUT2D eigenvalue weighted by Gasteiger charge is 2.31. The number of nitrogens with zero attached hydrogens (tertiary/aromatic N) is 5. The number of imidazole rings is 1. The van der Waals surface area contributed by atoms with Crippen LogP contribution in [0.1, 0.15) is 38.8 Å². The first-order valence-corrected chi connectivity index (χ1v) is 15.9. The van der Waals surface area contributed by atoms with Crippen LogP contribution in [0.2, 0.25) is 0 Å². The van der Waals surface area contributed by atoms with Crippen LogP contribution in [0.15, 0.2) is 95.8 Å². The van der Waals surface area contributed by atoms with Gasteiger partial charge in [-0.25, -0.2) is 9.59 Å². The van der Waals surface area contributed by atoms with Gasteiger partial charge < -0.3 is 24.0 Å². The number of benzene rings is 3. The van der Waals surface area contributed by atoms with Crippen molar-refractivity contribution in [3.63, 3.8) is 0 Å². The molecule has 1 atom stereocenters. The molecule has 0 aliphatic carbocycles. The van der Waals surface area contributed by atoms with Crippen molar-refractivity contribution in [2.75, 3.05) is 24.5 Å². The maximum Gasteiger partial charge on any atom is 0.410 e. The molecule has 47 heavy (non-hydrogen) atoms. The average Bonchev–Trinajstić information content (AvgIpc) is 3.31. The molecule has 1 amide bonds. The molecule has 5 aromatic rings. The van der Waals surface area contributed by atoms with E-state index in [9.17, 15) is 9.59 Å². The van der Waals surface area contributed by atoms with Crippen molar-refractivity contribution in [3.05, 3.63) is 113 Å². The number of aryl methyl sites for hydroxylation is 1. The number of piperazine rings is 1. The third kappa shape index (κ3) is 7.11. The third-order valence-corrected chi connectivity index (χ3v) is 8.16. The molecule has 1 fully saturated rings. The third-order valence-electron chi connectivity index (χ3n) is 8.16. The van der Waals surface area contributed by atoms with E-state index < -0.39 is 5.60 Å². The fourth-order valence-corrected chi connectivity index (χ4v) is 5.77. The van der Waals surface area contributed by atoms with E-state index in [0.29, 0.717) is 43.7 Å². The quantitative estimate of drug-likeness (QED) is 0.197. The zero-order chi connectivity index (χ0) is 33.1. The number of ether oxygens (including phenoxy) is 3. The molecule has 0 radical (unpaired) electrons. The highest BCUT2D eigenvalue weighted by atomic mass is 16.6. The van der Waals surface area contributed by atoms with Gasteiger partial charge in [0.05, 0.1) is 11.0 Å². The van der Waals surface area contributed by atoms with Crippen molar-refractivity contribution in [2.24, 2.45) is 7.05 Å². The van der Waals surface area contributed by atoms with Crippen LogP contribution in [0.5, 0.6) is 11.8 Å². The average molecular weight is 636 g/mol. The predicted octanol–water partition coefficient (Wildman–Crippen LogP) is 6.33. The second-order valence-corrected chi connectivity index (χ2v) is 12.8. The first-order valence-electron chi connectivity index (χ1n) is 15.9. The van der Waals surface area contributed by atoms with Crippen LogP contribution in [0.4, 0.5) is 10.5 Å². The van der Waals surface area contributed by atoms with Gasteiger partial charge in [-0.05, 0) is 63.1 Å². The standard InChI is InChI=1S/C37H41N5O5/c1-26-23-40(20-21-41(26)36(44)47-37(2,3)4)29-16-17-30-32(22-29)39(5)35(43)42(30)31-18-19-33(45-24-27-12-8-6-9-13-27)38-34(31)46-25-28-14-10-7-11-15-28/h6-19,22,26H,20-21,23-25H2,1-5H3/t26-/m0/s1. The van der Waals surface area contributed by atoms with Crippen LogP contribution >= 0.6 is 0 Å². The predicted molar refractivity (Wildman–Crippen MR) is 182 cm³/mol. The Kier molecular flexibility index (Phi) is 8.93. The first kappa shape index (κ1) is 31.7. The van der Waals surface area contributed by atoms with E-state index in [1.54, 1.807) is 27.1 Å². The number of hydrogen-bond donors (Lipinski definition) is 0. The maximum atomic E-state index is 13.8. The van der Waals surface area contributed by atoms with Gasteiger partial charge in [0.1, 0.15) is 24.5 Å². The summed E-state index contributed by atoms with van der Waals surface area (Å²) in [7, 11) is 1.77. The Morgan fingerprint density at radius 2 is 1.51 bits per heavy atom. The van der Waals surface area contributed by atoms with Gasteiger partial charge in [0.2, 0.25) is 11.8 Å². The summed E-state index contributed by atoms with van der Waals surface area (Å²) >= 11 is 0. The monoisotopic (exact) mass is 635 g/mol. The zero-order valence-corrected chi connectivity index (χ0v) is 27.6. The van der Waals surface area contributed by atoms with Crippen molar-refractivity contribution in [1.29, 1.82) is 0 Å². The lowest BCUT2D eigenvalue weighted by molar-refractivity contribution is 0.0159. The van der Waals surface area contributed by atoms with E-state index in [4.69, 9.17) is 19.2 Å². The molecule has 244 valence electrons. The highest BCUT2D eigenvalue weighted by Crippen LogP contribution is 2.30. The molecule has 0 bridgehead atoms. The molecule has 10 heteroatoms. The van der Waals surface area contributed by atoms with E-state index in [-0.39, 0.29) is 24.4 Å². The smallest absolute Gasteiger partial charge is 0.410 e. The number of rotatable bonds is 8. The normalized spacial score (nSPS) is 15.1. The van der Waals surface area contributed by atoms with Crippen LogP contribution in [-0.2, 0) is 25.0 Å². The number of anilines is 1. The largest absolute Gasteiger partial charge is 0.473 e. The molecule has 3 heterocycles. The Morgan fingerprint density at radius 1 is 0.851 bits per heavy atom. The van der Waals surface area contributed by atoms with Gasteiger partial charge in [-0.3, -0.25) is 9.13 Å². The SMILES string of the molecule is C[C@H]1CN(c2ccc3c(c2)n(C)c(=O)n3-c2ccc(OCc3ccccc3)nc2OCc2ccccc2)CCN1C(=O)OC(C)(C)C. The van der Waals surface area contributed by atoms with E-state index in [1.165, 1.54) is 0 Å². The minimum absolute atomic E-state index is 0.0410. The van der Waals surface area contributed by atoms with Crippen LogP contribution in [-0.4, -0.2) is 56.4 Å². The van der Waals surface area contributed by atoms with Crippen LogP contribution in [0.3, 0.4) is 0 Å². The maximum absolute atomic E-state index is 13.8. The van der Waals surface area contributed by atoms with Crippen LogP contribution < -0.4 is 20.1 Å². The second-order valence-electron chi connectivity index (χ2n) is 12.8. The number of aromatic nitrogens is 3. The van der Waals surface area contributed by atoms with Gasteiger partial charge in [-0.15, -0.1) is 0 Å². The Labute approximate surface area is 274 Å². The lowest BCUT2D eigenvalue weighted by atomic mass is 10.1. The highest BCUT2D eigenvalue weighted by molar-refractivity contribution is 5.83. The summed E-state index contributed by atoms with van der Waals surface area (Å²) in [6.07, 6.45) is -0.296. The van der Waals surface area contributed by atoms with Gasteiger partial charge in [0.15, 0.2) is 0 Å². The molecule has 1 aliphatic rings. The molecular weight excluding hydrogens is 594 g/mol. The number of fused-ring (bicyclic) bond motifs is 1. The van der Waals surface area contributed by atoms with Crippen LogP contribution in [0, 0.1) is 0 Å². The van der Waals surface area contributed by atoms with E-state index in [2.05, 4.69) is 4.90 Å². The van der Waals surface area contributed by atoms with Gasteiger partial charge in [-0.1, -0.05) is 60.7 Å². The first-order chi connectivity index (χ1) is 22.6. The fourth-order valence-electron chi connectivity index (χ4n) is 5.77. The molecular formula is C37H41N5O5. The Balaban J connectivity index is 1.29. The Bertz CT molecular complexity index is 1910. The summed E-state index contributed by atoms with van der Waals surface area (Å²) in [6.45, 7) is 10.1. The number of carbonyl (C=O) groups is 1. The van der Waals surface area contributed by atoms with E-state index >= 15 is 0 Å². The number of carbonyl (C=O) groups excluding carboxylic acids is 1. The minimum Gasteiger partial charge on any atom is -0.473 e. The zero-order valence-electron chi connectivity index (χ0n) is 27.6. The van der Waals surface area contributed by atoms with Gasteiger partial charge in [-0.2, -0.15) is 4.98 Å². The van der Waals surface area contributed by atoms with E-state index in [0.717, 1.165) is 27.8 Å². The summed E-state index contributed by atoms with van der Waals surface area (Å²) in [5, 5.41) is 0. The van der Waals surface area contributed by atoms with Gasteiger partial charge >= 0.3 is 11.8 Å². The molecule has 0 spiro atoms. The number of hydrogen-bond acceptors (Lipinski definition) is 7. The van der Waals surface area contributed by atoms with Crippen molar-refractivity contribution in [2.45, 2.75) is 52.6 Å².